The van der Waals surface area contributed by atoms with Crippen LogP contribution in [0.15, 0.2) is 400 Å². The van der Waals surface area contributed by atoms with Gasteiger partial charge < -0.3 is 18.6 Å². The van der Waals surface area contributed by atoms with Gasteiger partial charge in [-0.25, -0.2) is 0 Å². The van der Waals surface area contributed by atoms with Gasteiger partial charge in [0.25, 0.3) is 0 Å². The van der Waals surface area contributed by atoms with Crippen LogP contribution in [0.5, 0.6) is 0 Å². The van der Waals surface area contributed by atoms with Crippen LogP contribution in [0.25, 0.3) is 193 Å². The third-order valence-electron chi connectivity index (χ3n) is 22.8. The molecule has 4 heteroatoms. The van der Waals surface area contributed by atoms with Crippen LogP contribution in [0.2, 0.25) is 0 Å². The second-order valence-electron chi connectivity index (χ2n) is 28.5. The molecule has 0 N–H and O–H groups in total. The van der Waals surface area contributed by atoms with Gasteiger partial charge in [-0.05, 0) is 209 Å². The number of fused-ring (bicyclic) bond motifs is 9. The molecule has 18 aromatic carbocycles. The molecule has 2 aliphatic carbocycles. The maximum absolute atomic E-state index is 2.47. The van der Waals surface area contributed by atoms with E-state index >= 15 is 0 Å². The maximum atomic E-state index is 2.47. The van der Waals surface area contributed by atoms with Crippen molar-refractivity contribution in [3.05, 3.63) is 400 Å². The van der Waals surface area contributed by atoms with Crippen molar-refractivity contribution in [2.75, 3.05) is 4.90 Å². The summed E-state index contributed by atoms with van der Waals surface area (Å²) in [4.78, 5) is 2.30. The summed E-state index contributed by atoms with van der Waals surface area (Å²) in [5.74, 6) is 0. The van der Waals surface area contributed by atoms with Crippen LogP contribution in [-0.4, -0.2) is 13.7 Å². The first-order chi connectivity index (χ1) is 53.6. The number of benzene rings is 18. The van der Waals surface area contributed by atoms with Crippen molar-refractivity contribution in [1.29, 1.82) is 0 Å². The highest BCUT2D eigenvalue weighted by molar-refractivity contribution is 6.33. The van der Waals surface area contributed by atoms with Crippen LogP contribution in [-0.2, 0) is 0 Å². The molecule has 108 heavy (non-hydrogen) atoms. The predicted molar refractivity (Wildman–Crippen MR) is 456 cm³/mol. The Morgan fingerprint density at radius 2 is 0.417 bits per heavy atom. The van der Waals surface area contributed by atoms with Crippen LogP contribution in [0.4, 0.5) is 17.1 Å². The SMILES string of the molecule is c1ccc(-c2ccc3c4c2ccc2c4c4c(cccc4n2-c2ccc(-c4ccc(-n5c6ccccc6c6ccccc65)cc4)cc2)-c2ccccc2-3)cc1.c1ccc(-c2ccc3c4c2ccc2c4c4c(cccc4n2-c2ccc(-c4ccc(N(c5ccccc5)c5ccccc5)cc4)cc2)-c2ccccc2-3)cc1. The molecule has 0 saturated heterocycles. The van der Waals surface area contributed by atoms with Gasteiger partial charge in [0.1, 0.15) is 0 Å². The van der Waals surface area contributed by atoms with E-state index in [0.29, 0.717) is 0 Å². The van der Waals surface area contributed by atoms with Crippen LogP contribution in [0, 0.1) is 0 Å². The number of aromatic nitrogens is 3. The Morgan fingerprint density at radius 1 is 0.139 bits per heavy atom. The van der Waals surface area contributed by atoms with E-state index in [1.54, 1.807) is 0 Å². The molecule has 0 aliphatic heterocycles. The van der Waals surface area contributed by atoms with E-state index in [2.05, 4.69) is 419 Å². The Morgan fingerprint density at radius 3 is 0.806 bits per heavy atom. The highest BCUT2D eigenvalue weighted by Gasteiger charge is 2.29. The van der Waals surface area contributed by atoms with Crippen molar-refractivity contribution in [3.8, 4) is 106 Å². The smallest absolute Gasteiger partial charge is 0.0548 e. The zero-order valence-electron chi connectivity index (χ0n) is 58.9. The summed E-state index contributed by atoms with van der Waals surface area (Å²) in [6, 6.07) is 146. The van der Waals surface area contributed by atoms with Crippen molar-refractivity contribution in [3.63, 3.8) is 0 Å². The lowest BCUT2D eigenvalue weighted by Gasteiger charge is -2.25. The van der Waals surface area contributed by atoms with Crippen molar-refractivity contribution < 1.29 is 0 Å². The normalized spacial score (nSPS) is 11.9. The molecule has 0 atom stereocenters. The molecule has 0 amide bonds. The number of hydrogen-bond donors (Lipinski definition) is 0. The summed E-state index contributed by atoms with van der Waals surface area (Å²) in [5, 5.41) is 13.1. The summed E-state index contributed by atoms with van der Waals surface area (Å²) >= 11 is 0. The molecule has 3 aromatic heterocycles. The largest absolute Gasteiger partial charge is 0.311 e. The molecule has 0 fully saturated rings. The fraction of sp³-hybridized carbons (Fsp3) is 0. The summed E-state index contributed by atoms with van der Waals surface area (Å²) < 4.78 is 7.31. The third kappa shape index (κ3) is 9.50. The summed E-state index contributed by atoms with van der Waals surface area (Å²) in [6.45, 7) is 0. The summed E-state index contributed by atoms with van der Waals surface area (Å²) in [6.07, 6.45) is 0. The first kappa shape index (κ1) is 61.2. The van der Waals surface area contributed by atoms with Crippen molar-refractivity contribution in [2.24, 2.45) is 0 Å². The molecule has 0 saturated carbocycles. The highest BCUT2D eigenvalue weighted by Crippen LogP contribution is 2.54. The first-order valence-corrected chi connectivity index (χ1v) is 37.3. The molecule has 3 heterocycles. The lowest BCUT2D eigenvalue weighted by atomic mass is 9.90. The van der Waals surface area contributed by atoms with Gasteiger partial charge in [-0.1, -0.05) is 291 Å². The van der Waals surface area contributed by atoms with Gasteiger partial charge in [0.05, 0.1) is 33.1 Å². The number of nitrogens with zero attached hydrogens (tertiary/aromatic N) is 4. The monoisotopic (exact) mass is 1370 g/mol. The fourth-order valence-corrected chi connectivity index (χ4v) is 18.1. The molecule has 502 valence electrons. The van der Waals surface area contributed by atoms with E-state index in [9.17, 15) is 0 Å². The number of para-hydroxylation sites is 4. The Labute approximate surface area is 625 Å². The molecular formula is C104H66N4. The van der Waals surface area contributed by atoms with E-state index in [1.807, 2.05) is 0 Å². The summed E-state index contributed by atoms with van der Waals surface area (Å²) in [7, 11) is 0. The predicted octanol–water partition coefficient (Wildman–Crippen LogP) is 28.4. The number of anilines is 3. The van der Waals surface area contributed by atoms with Gasteiger partial charge in [-0.2, -0.15) is 0 Å². The topological polar surface area (TPSA) is 18.0 Å². The van der Waals surface area contributed by atoms with E-state index in [0.717, 1.165) is 28.4 Å². The molecule has 0 bridgehead atoms. The minimum absolute atomic E-state index is 1.12. The van der Waals surface area contributed by atoms with E-state index in [1.165, 1.54) is 182 Å². The van der Waals surface area contributed by atoms with Gasteiger partial charge in [0.15, 0.2) is 0 Å². The molecule has 4 nitrogen and oxygen atoms in total. The number of rotatable bonds is 10. The van der Waals surface area contributed by atoms with Crippen LogP contribution >= 0.6 is 0 Å². The molecule has 21 aromatic rings. The Hall–Kier alpha value is -14.3. The van der Waals surface area contributed by atoms with Crippen molar-refractivity contribution in [1.82, 2.24) is 13.7 Å². The second kappa shape index (κ2) is 24.7. The zero-order chi connectivity index (χ0) is 70.9. The highest BCUT2D eigenvalue weighted by atomic mass is 15.1. The Bertz CT molecular complexity index is 7060. The molecule has 2 aliphatic rings. The van der Waals surface area contributed by atoms with Gasteiger partial charge in [-0.15, -0.1) is 0 Å². The quantitative estimate of drug-likeness (QED) is 0.133. The minimum atomic E-state index is 1.12. The standard InChI is InChI=1S/C52H32N2.C52H34N2/c1-2-11-35(12-3-1)38-29-30-45-40-14-5-4-13-39(40)43-17-10-20-48-51(43)52-49(32-31-44(38)50(45)52)54(48)37-27-23-34(24-28-37)33-21-25-36(26-22-33)53-46-18-8-6-15-41(46)42-16-7-9-19-47(42)53;1-4-13-37(14-5-1)42-31-32-47-44-20-11-10-19-43(44)45-21-12-22-48-51(45)52-49(34-33-46(42)50(47)52)54(48)41-29-25-36(26-30-41)35-23-27-40(28-24-35)53(38-15-6-2-7-16-38)39-17-8-3-9-18-39/h1-32H;1-34H. The lowest BCUT2D eigenvalue weighted by Crippen LogP contribution is -2.09. The van der Waals surface area contributed by atoms with Gasteiger partial charge in [0.2, 0.25) is 0 Å². The zero-order valence-corrected chi connectivity index (χ0v) is 58.9. The van der Waals surface area contributed by atoms with E-state index in [-0.39, 0.29) is 0 Å². The molecule has 0 radical (unpaired) electrons. The van der Waals surface area contributed by atoms with Crippen LogP contribution in [0.3, 0.4) is 0 Å². The lowest BCUT2D eigenvalue weighted by molar-refractivity contribution is 1.18. The van der Waals surface area contributed by atoms with E-state index in [4.69, 9.17) is 0 Å². The van der Waals surface area contributed by atoms with Gasteiger partial charge in [0, 0.05) is 77.2 Å². The average molecular weight is 1370 g/mol. The summed E-state index contributed by atoms with van der Waals surface area (Å²) in [5.41, 5.74) is 34.3. The molecular weight excluding hydrogens is 1310 g/mol. The third-order valence-corrected chi connectivity index (χ3v) is 22.8. The molecule has 23 rings (SSSR count). The van der Waals surface area contributed by atoms with Gasteiger partial charge >= 0.3 is 0 Å². The molecule has 0 unspecified atom stereocenters. The Balaban J connectivity index is 0.000000134. The Kier molecular flexibility index (Phi) is 14.0. The minimum Gasteiger partial charge on any atom is -0.311 e. The van der Waals surface area contributed by atoms with Crippen LogP contribution in [0.1, 0.15) is 0 Å². The number of hydrogen-bond acceptors (Lipinski definition) is 1. The first-order valence-electron chi connectivity index (χ1n) is 37.3. The fourth-order valence-electron chi connectivity index (χ4n) is 18.1. The van der Waals surface area contributed by atoms with E-state index < -0.39 is 0 Å². The van der Waals surface area contributed by atoms with Crippen molar-refractivity contribution >= 4 is 104 Å². The van der Waals surface area contributed by atoms with Gasteiger partial charge in [-0.3, -0.25) is 0 Å². The average Bonchev–Trinajstić information content (AvgIpc) is 1.55. The second-order valence-corrected chi connectivity index (χ2v) is 28.5. The molecule has 0 spiro atoms. The maximum Gasteiger partial charge on any atom is 0.0548 e. The van der Waals surface area contributed by atoms with Crippen molar-refractivity contribution in [2.45, 2.75) is 0 Å². The van der Waals surface area contributed by atoms with Crippen LogP contribution < -0.4 is 4.90 Å².